The third-order valence-electron chi connectivity index (χ3n) is 4.36. The number of hydrogen-bond acceptors (Lipinski definition) is 3. The third kappa shape index (κ3) is 4.09. The van der Waals surface area contributed by atoms with Gasteiger partial charge in [-0.25, -0.2) is 8.42 Å². The molecule has 2 rings (SSSR count). The predicted octanol–water partition coefficient (Wildman–Crippen LogP) is 2.70. The molecule has 1 aromatic carbocycles. The Morgan fingerprint density at radius 3 is 2.14 bits per heavy atom. The summed E-state index contributed by atoms with van der Waals surface area (Å²) in [5.74, 6) is 0. The largest absolute Gasteiger partial charge is 0.302 e. The zero-order valence-corrected chi connectivity index (χ0v) is 15.0. The quantitative estimate of drug-likeness (QED) is 0.836. The van der Waals surface area contributed by atoms with Crippen molar-refractivity contribution in [2.75, 3.05) is 33.2 Å². The lowest BCUT2D eigenvalue weighted by Crippen LogP contribution is -2.35. The molecule has 1 aliphatic rings. The molecule has 0 saturated carbocycles. The fourth-order valence-electron chi connectivity index (χ4n) is 2.72. The summed E-state index contributed by atoms with van der Waals surface area (Å²) in [5, 5.41) is 0. The zero-order chi connectivity index (χ0) is 16.4. The Hall–Kier alpha value is -0.910. The molecule has 1 saturated heterocycles. The van der Waals surface area contributed by atoms with Crippen molar-refractivity contribution in [2.24, 2.45) is 0 Å². The van der Waals surface area contributed by atoms with Crippen molar-refractivity contribution >= 4 is 10.0 Å². The van der Waals surface area contributed by atoms with E-state index in [0.717, 1.165) is 25.2 Å². The minimum atomic E-state index is -3.39. The first kappa shape index (κ1) is 17.4. The van der Waals surface area contributed by atoms with Gasteiger partial charge in [0.15, 0.2) is 0 Å². The van der Waals surface area contributed by atoms with Gasteiger partial charge >= 0.3 is 0 Å². The van der Waals surface area contributed by atoms with Crippen LogP contribution in [-0.2, 0) is 15.4 Å². The van der Waals surface area contributed by atoms with E-state index in [-0.39, 0.29) is 5.41 Å². The van der Waals surface area contributed by atoms with Gasteiger partial charge in [-0.3, -0.25) is 0 Å². The van der Waals surface area contributed by atoms with E-state index in [4.69, 9.17) is 0 Å². The van der Waals surface area contributed by atoms with Crippen LogP contribution in [0, 0.1) is 0 Å². The molecule has 1 aromatic rings. The second-order valence-electron chi connectivity index (χ2n) is 7.15. The molecule has 0 bridgehead atoms. The average molecular weight is 324 g/mol. The number of likely N-dealkylation sites (N-methyl/N-ethyl adjacent to an activating group) is 1. The number of likely N-dealkylation sites (tertiary alicyclic amines) is 1. The molecule has 0 N–H and O–H groups in total. The van der Waals surface area contributed by atoms with Crippen LogP contribution in [0.15, 0.2) is 29.2 Å². The number of benzene rings is 1. The maximum atomic E-state index is 12.6. The number of nitrogens with zero attached hydrogens (tertiary/aromatic N) is 2. The summed E-state index contributed by atoms with van der Waals surface area (Å²) < 4.78 is 26.7. The van der Waals surface area contributed by atoms with Gasteiger partial charge in [0.05, 0.1) is 4.90 Å². The van der Waals surface area contributed by atoms with E-state index in [1.807, 2.05) is 12.1 Å². The van der Waals surface area contributed by atoms with Crippen molar-refractivity contribution in [3.63, 3.8) is 0 Å². The first-order valence-electron chi connectivity index (χ1n) is 8.00. The van der Waals surface area contributed by atoms with Crippen LogP contribution in [0.25, 0.3) is 0 Å². The van der Waals surface area contributed by atoms with Crippen LogP contribution in [-0.4, -0.2) is 50.8 Å². The molecular formula is C17H28N2O2S. The van der Waals surface area contributed by atoms with Crippen LogP contribution in [0.2, 0.25) is 0 Å². The Morgan fingerprint density at radius 2 is 1.64 bits per heavy atom. The summed E-state index contributed by atoms with van der Waals surface area (Å²) in [6, 6.07) is 7.28. The topological polar surface area (TPSA) is 40.6 Å². The molecule has 4 nitrogen and oxygen atoms in total. The van der Waals surface area contributed by atoms with Gasteiger partial charge in [0.2, 0.25) is 10.0 Å². The van der Waals surface area contributed by atoms with Crippen molar-refractivity contribution < 1.29 is 8.42 Å². The minimum Gasteiger partial charge on any atom is -0.302 e. The molecule has 1 fully saturated rings. The fourth-order valence-corrected chi connectivity index (χ4v) is 3.88. The average Bonchev–Trinajstić information content (AvgIpc) is 2.97. The standard InChI is InChI=1S/C17H28N2O2S/c1-17(2,3)15-7-9-16(10-8-15)22(20,21)18(4)13-14-19-11-5-6-12-19/h7-10H,5-6,11-14H2,1-4H3. The molecule has 0 amide bonds. The van der Waals surface area contributed by atoms with Crippen LogP contribution in [0.5, 0.6) is 0 Å². The van der Waals surface area contributed by atoms with Gasteiger partial charge in [0.25, 0.3) is 0 Å². The monoisotopic (exact) mass is 324 g/mol. The maximum Gasteiger partial charge on any atom is 0.242 e. The van der Waals surface area contributed by atoms with Crippen LogP contribution >= 0.6 is 0 Å². The van der Waals surface area contributed by atoms with Gasteiger partial charge in [-0.1, -0.05) is 32.9 Å². The Labute approximate surface area is 135 Å². The second kappa shape index (κ2) is 6.69. The fraction of sp³-hybridized carbons (Fsp3) is 0.647. The lowest BCUT2D eigenvalue weighted by Gasteiger charge is -2.22. The highest BCUT2D eigenvalue weighted by Gasteiger charge is 2.23. The molecule has 124 valence electrons. The molecule has 0 spiro atoms. The highest BCUT2D eigenvalue weighted by molar-refractivity contribution is 7.89. The number of rotatable bonds is 5. The Morgan fingerprint density at radius 1 is 1.09 bits per heavy atom. The summed E-state index contributed by atoms with van der Waals surface area (Å²) >= 11 is 0. The van der Waals surface area contributed by atoms with E-state index in [9.17, 15) is 8.42 Å². The highest BCUT2D eigenvalue weighted by atomic mass is 32.2. The second-order valence-corrected chi connectivity index (χ2v) is 9.19. The van der Waals surface area contributed by atoms with E-state index >= 15 is 0 Å². The van der Waals surface area contributed by atoms with Gasteiger partial charge in [-0.2, -0.15) is 4.31 Å². The molecule has 1 heterocycles. The normalized spacial score (nSPS) is 17.3. The molecule has 0 aromatic heterocycles. The van der Waals surface area contributed by atoms with Gasteiger partial charge in [-0.05, 0) is 49.0 Å². The van der Waals surface area contributed by atoms with E-state index in [2.05, 4.69) is 25.7 Å². The van der Waals surface area contributed by atoms with E-state index in [1.165, 1.54) is 17.1 Å². The summed E-state index contributed by atoms with van der Waals surface area (Å²) in [7, 11) is -1.72. The molecule has 0 unspecified atom stereocenters. The SMILES string of the molecule is CN(CCN1CCCC1)S(=O)(=O)c1ccc(C(C)(C)C)cc1. The first-order chi connectivity index (χ1) is 10.2. The smallest absolute Gasteiger partial charge is 0.242 e. The van der Waals surface area contributed by atoms with Crippen molar-refractivity contribution in [2.45, 2.75) is 43.9 Å². The lowest BCUT2D eigenvalue weighted by atomic mass is 9.87. The summed E-state index contributed by atoms with van der Waals surface area (Å²) in [4.78, 5) is 2.71. The molecule has 0 radical (unpaired) electrons. The van der Waals surface area contributed by atoms with Crippen LogP contribution in [0.3, 0.4) is 0 Å². The van der Waals surface area contributed by atoms with Gasteiger partial charge in [0.1, 0.15) is 0 Å². The Balaban J connectivity index is 2.05. The van der Waals surface area contributed by atoms with Crippen LogP contribution in [0.1, 0.15) is 39.2 Å². The van der Waals surface area contributed by atoms with Gasteiger partial charge in [-0.15, -0.1) is 0 Å². The summed E-state index contributed by atoms with van der Waals surface area (Å²) in [5.41, 5.74) is 1.18. The van der Waals surface area contributed by atoms with Crippen molar-refractivity contribution in [3.05, 3.63) is 29.8 Å². The molecule has 1 aliphatic heterocycles. The Bertz CT molecular complexity index is 582. The zero-order valence-electron chi connectivity index (χ0n) is 14.2. The van der Waals surface area contributed by atoms with Crippen molar-refractivity contribution in [1.82, 2.24) is 9.21 Å². The molecule has 0 atom stereocenters. The van der Waals surface area contributed by atoms with E-state index in [0.29, 0.717) is 11.4 Å². The number of sulfonamides is 1. The maximum absolute atomic E-state index is 12.6. The van der Waals surface area contributed by atoms with E-state index in [1.54, 1.807) is 19.2 Å². The highest BCUT2D eigenvalue weighted by Crippen LogP contribution is 2.24. The third-order valence-corrected chi connectivity index (χ3v) is 6.23. The van der Waals surface area contributed by atoms with Crippen molar-refractivity contribution in [1.29, 1.82) is 0 Å². The summed E-state index contributed by atoms with van der Waals surface area (Å²) in [6.07, 6.45) is 2.45. The van der Waals surface area contributed by atoms with Crippen LogP contribution < -0.4 is 0 Å². The Kier molecular flexibility index (Phi) is 5.30. The molecule has 0 aliphatic carbocycles. The van der Waals surface area contributed by atoms with Crippen LogP contribution in [0.4, 0.5) is 0 Å². The molecular weight excluding hydrogens is 296 g/mol. The van der Waals surface area contributed by atoms with Gasteiger partial charge in [0, 0.05) is 20.1 Å². The predicted molar refractivity (Wildman–Crippen MR) is 90.6 cm³/mol. The minimum absolute atomic E-state index is 0.0317. The first-order valence-corrected chi connectivity index (χ1v) is 9.44. The molecule has 22 heavy (non-hydrogen) atoms. The lowest BCUT2D eigenvalue weighted by molar-refractivity contribution is 0.310. The van der Waals surface area contributed by atoms with E-state index < -0.39 is 10.0 Å². The van der Waals surface area contributed by atoms with Gasteiger partial charge < -0.3 is 4.90 Å². The molecule has 5 heteroatoms. The van der Waals surface area contributed by atoms with Crippen molar-refractivity contribution in [3.8, 4) is 0 Å². The number of hydrogen-bond donors (Lipinski definition) is 0. The summed E-state index contributed by atoms with van der Waals surface area (Å²) in [6.45, 7) is 9.91.